The molecule has 10 aromatic rings. The topological polar surface area (TPSA) is 22.8 Å². The quantitative estimate of drug-likeness (QED) is 0.188. The van der Waals surface area contributed by atoms with Crippen molar-refractivity contribution in [3.05, 3.63) is 157 Å². The van der Waals surface area contributed by atoms with Crippen LogP contribution in [0.15, 0.2) is 146 Å². The van der Waals surface area contributed by atoms with Crippen molar-refractivity contribution in [2.75, 3.05) is 0 Å². The van der Waals surface area contributed by atoms with Gasteiger partial charge in [-0.3, -0.25) is 0 Å². The van der Waals surface area contributed by atoms with Crippen LogP contribution in [0.25, 0.3) is 92.5 Å². The molecule has 4 heteroatoms. The zero-order valence-corrected chi connectivity index (χ0v) is 27.4. The lowest BCUT2D eigenvalue weighted by atomic mass is 9.96. The van der Waals surface area contributed by atoms with Gasteiger partial charge in [-0.2, -0.15) is 0 Å². The van der Waals surface area contributed by atoms with Gasteiger partial charge >= 0.3 is 0 Å². The maximum atomic E-state index is 5.13. The third-order valence-corrected chi connectivity index (χ3v) is 11.5. The molecule has 6 aromatic carbocycles. The minimum atomic E-state index is 1.03. The van der Waals surface area contributed by atoms with Gasteiger partial charge in [-0.05, 0) is 72.5 Å². The van der Waals surface area contributed by atoms with Gasteiger partial charge in [-0.15, -0.1) is 11.3 Å². The van der Waals surface area contributed by atoms with Gasteiger partial charge in [0.15, 0.2) is 0 Å². The highest BCUT2D eigenvalue weighted by atomic mass is 32.1. The molecule has 0 aliphatic heterocycles. The van der Waals surface area contributed by atoms with Crippen LogP contribution < -0.4 is 0 Å². The van der Waals surface area contributed by atoms with E-state index in [9.17, 15) is 0 Å². The highest BCUT2D eigenvalue weighted by Crippen LogP contribution is 2.45. The predicted octanol–water partition coefficient (Wildman–Crippen LogP) is 12.3. The van der Waals surface area contributed by atoms with Crippen molar-refractivity contribution >= 4 is 81.3 Å². The molecular formula is C45H29N3S. The summed E-state index contributed by atoms with van der Waals surface area (Å²) >= 11 is 1.78. The molecule has 0 saturated carbocycles. The van der Waals surface area contributed by atoms with Gasteiger partial charge in [-0.1, -0.05) is 103 Å². The number of benzene rings is 6. The van der Waals surface area contributed by atoms with Crippen LogP contribution in [0.2, 0.25) is 0 Å². The van der Waals surface area contributed by atoms with Gasteiger partial charge in [0.05, 0.1) is 22.1 Å². The first-order valence-electron chi connectivity index (χ1n) is 17.0. The predicted molar refractivity (Wildman–Crippen MR) is 209 cm³/mol. The molecule has 0 amide bonds. The van der Waals surface area contributed by atoms with Crippen molar-refractivity contribution in [2.24, 2.45) is 0 Å². The SMILES string of the molecule is C1=Cc2c(c3ccc4c5ccccc5n(-c5ccccc5)c4c3n2-c2ccc(-c3c4ccccc4nc4sc5ccccc5c34)cc2)CC1. The maximum absolute atomic E-state index is 5.13. The average Bonchev–Trinajstić information content (AvgIpc) is 3.82. The van der Waals surface area contributed by atoms with Gasteiger partial charge in [0.25, 0.3) is 0 Å². The summed E-state index contributed by atoms with van der Waals surface area (Å²) < 4.78 is 6.26. The summed E-state index contributed by atoms with van der Waals surface area (Å²) in [4.78, 5) is 6.21. The summed E-state index contributed by atoms with van der Waals surface area (Å²) in [5.41, 5.74) is 12.3. The summed E-state index contributed by atoms with van der Waals surface area (Å²) in [7, 11) is 0. The Hall–Kier alpha value is -5.97. The molecular weight excluding hydrogens is 615 g/mol. The zero-order valence-electron chi connectivity index (χ0n) is 26.6. The number of para-hydroxylation sites is 3. The Balaban J connectivity index is 1.21. The van der Waals surface area contributed by atoms with Crippen molar-refractivity contribution in [2.45, 2.75) is 12.8 Å². The summed E-state index contributed by atoms with van der Waals surface area (Å²) in [5, 5.41) is 7.59. The van der Waals surface area contributed by atoms with E-state index in [1.54, 1.807) is 11.3 Å². The molecule has 4 heterocycles. The number of rotatable bonds is 3. The molecule has 0 spiro atoms. The Morgan fingerprint density at radius 1 is 0.551 bits per heavy atom. The van der Waals surface area contributed by atoms with E-state index in [1.807, 2.05) is 0 Å². The van der Waals surface area contributed by atoms with Crippen LogP contribution in [0.5, 0.6) is 0 Å². The third-order valence-electron chi connectivity index (χ3n) is 10.4. The van der Waals surface area contributed by atoms with Crippen LogP contribution in [0, 0.1) is 0 Å². The molecule has 1 aliphatic carbocycles. The molecule has 0 atom stereocenters. The summed E-state index contributed by atoms with van der Waals surface area (Å²) in [5.74, 6) is 0. The lowest BCUT2D eigenvalue weighted by Gasteiger charge is -2.15. The fourth-order valence-corrected chi connectivity index (χ4v) is 9.43. The van der Waals surface area contributed by atoms with Crippen molar-refractivity contribution in [1.82, 2.24) is 14.1 Å². The lowest BCUT2D eigenvalue weighted by Crippen LogP contribution is -2.02. The van der Waals surface area contributed by atoms with Crippen molar-refractivity contribution in [3.63, 3.8) is 0 Å². The Morgan fingerprint density at radius 2 is 1.24 bits per heavy atom. The molecule has 49 heavy (non-hydrogen) atoms. The number of hydrogen-bond donors (Lipinski definition) is 0. The molecule has 230 valence electrons. The molecule has 0 fully saturated rings. The van der Waals surface area contributed by atoms with E-state index in [0.29, 0.717) is 0 Å². The minimum absolute atomic E-state index is 1.03. The van der Waals surface area contributed by atoms with Crippen LogP contribution >= 0.6 is 11.3 Å². The standard InChI is InChI=1S/C45H29N3S/c1-2-12-29(13-3-1)47-38-19-9-5-14-31(38)33-26-27-34-32-15-6-10-20-39(32)48(44(34)43(33)47)30-24-22-28(23-25-30)41-35-16-4-8-18-37(35)46-45-42(41)36-17-7-11-21-40(36)49-45/h1-5,7-14,16-27H,6,15H2. The van der Waals surface area contributed by atoms with E-state index in [2.05, 4.69) is 161 Å². The van der Waals surface area contributed by atoms with E-state index >= 15 is 0 Å². The molecule has 0 unspecified atom stereocenters. The number of allylic oxidation sites excluding steroid dienone is 1. The van der Waals surface area contributed by atoms with Crippen molar-refractivity contribution < 1.29 is 0 Å². The average molecular weight is 644 g/mol. The van der Waals surface area contributed by atoms with Gasteiger partial charge in [-0.25, -0.2) is 4.98 Å². The van der Waals surface area contributed by atoms with Crippen LogP contribution in [0.4, 0.5) is 0 Å². The number of aryl methyl sites for hydroxylation is 1. The third kappa shape index (κ3) is 3.81. The molecule has 11 rings (SSSR count). The Labute approximate surface area is 286 Å². The largest absolute Gasteiger partial charge is 0.308 e. The smallest absolute Gasteiger partial charge is 0.125 e. The lowest BCUT2D eigenvalue weighted by molar-refractivity contribution is 0.967. The molecule has 4 aromatic heterocycles. The number of aromatic nitrogens is 3. The van der Waals surface area contributed by atoms with Crippen molar-refractivity contribution in [3.8, 4) is 22.5 Å². The first-order chi connectivity index (χ1) is 24.3. The minimum Gasteiger partial charge on any atom is -0.308 e. The molecule has 3 nitrogen and oxygen atoms in total. The highest BCUT2D eigenvalue weighted by Gasteiger charge is 2.24. The van der Waals surface area contributed by atoms with E-state index in [0.717, 1.165) is 23.2 Å². The van der Waals surface area contributed by atoms with Crippen LogP contribution in [0.3, 0.4) is 0 Å². The molecule has 0 bridgehead atoms. The summed E-state index contributed by atoms with van der Waals surface area (Å²) in [6, 6.07) is 50.9. The van der Waals surface area contributed by atoms with Gasteiger partial charge in [0, 0.05) is 59.6 Å². The van der Waals surface area contributed by atoms with Crippen LogP contribution in [0.1, 0.15) is 17.7 Å². The fraction of sp³-hybridized carbons (Fsp3) is 0.0444. The monoisotopic (exact) mass is 643 g/mol. The Kier molecular flexibility index (Phi) is 5.66. The summed E-state index contributed by atoms with van der Waals surface area (Å²) in [6.07, 6.45) is 6.77. The molecule has 0 saturated heterocycles. The second-order valence-electron chi connectivity index (χ2n) is 13.0. The maximum Gasteiger partial charge on any atom is 0.125 e. The normalized spacial score (nSPS) is 13.1. The van der Waals surface area contributed by atoms with E-state index in [4.69, 9.17) is 4.98 Å². The number of nitrogens with zero attached hydrogens (tertiary/aromatic N) is 3. The molecule has 0 N–H and O–H groups in total. The highest BCUT2D eigenvalue weighted by molar-refractivity contribution is 7.25. The van der Waals surface area contributed by atoms with Gasteiger partial charge in [0.2, 0.25) is 0 Å². The van der Waals surface area contributed by atoms with Gasteiger partial charge < -0.3 is 9.13 Å². The molecule has 0 radical (unpaired) electrons. The Morgan fingerprint density at radius 3 is 2.12 bits per heavy atom. The first-order valence-corrected chi connectivity index (χ1v) is 17.8. The van der Waals surface area contributed by atoms with E-state index in [1.165, 1.54) is 87.3 Å². The second kappa shape index (κ2) is 10.3. The van der Waals surface area contributed by atoms with Gasteiger partial charge in [0.1, 0.15) is 4.83 Å². The number of hydrogen-bond acceptors (Lipinski definition) is 2. The second-order valence-corrected chi connectivity index (χ2v) is 14.0. The fourth-order valence-electron chi connectivity index (χ4n) is 8.33. The van der Waals surface area contributed by atoms with Crippen molar-refractivity contribution in [1.29, 1.82) is 0 Å². The number of thiophene rings is 1. The summed E-state index contributed by atoms with van der Waals surface area (Å²) in [6.45, 7) is 0. The number of fused-ring (bicyclic) bond motifs is 11. The zero-order chi connectivity index (χ0) is 32.1. The van der Waals surface area contributed by atoms with E-state index < -0.39 is 0 Å². The number of pyridine rings is 1. The van der Waals surface area contributed by atoms with Crippen LogP contribution in [-0.4, -0.2) is 14.1 Å². The Bertz CT molecular complexity index is 2970. The van der Waals surface area contributed by atoms with Crippen LogP contribution in [-0.2, 0) is 6.42 Å². The first kappa shape index (κ1) is 27.0. The van der Waals surface area contributed by atoms with E-state index in [-0.39, 0.29) is 0 Å². The molecule has 1 aliphatic rings.